The van der Waals surface area contributed by atoms with E-state index >= 15 is 0 Å². The van der Waals surface area contributed by atoms with Crippen molar-refractivity contribution in [3.05, 3.63) is 77.0 Å². The van der Waals surface area contributed by atoms with Crippen LogP contribution in [-0.4, -0.2) is 48.0 Å². The van der Waals surface area contributed by atoms with Gasteiger partial charge >= 0.3 is 11.9 Å². The number of carbonyl (C=O) groups excluding carboxylic acids is 4. The molecule has 9 nitrogen and oxygen atoms in total. The fourth-order valence-electron chi connectivity index (χ4n) is 3.38. The summed E-state index contributed by atoms with van der Waals surface area (Å²) in [6.07, 6.45) is 1.35. The number of ketones is 1. The summed E-state index contributed by atoms with van der Waals surface area (Å²) >= 11 is 0. The van der Waals surface area contributed by atoms with Gasteiger partial charge in [0, 0.05) is 22.6 Å². The number of benzene rings is 1. The lowest BCUT2D eigenvalue weighted by atomic mass is 10.1. The van der Waals surface area contributed by atoms with E-state index in [0.29, 0.717) is 16.8 Å². The van der Waals surface area contributed by atoms with Crippen molar-refractivity contribution in [2.75, 3.05) is 13.7 Å². The lowest BCUT2D eigenvalue weighted by Gasteiger charge is -2.12. The number of amides is 1. The van der Waals surface area contributed by atoms with Crippen molar-refractivity contribution in [3.8, 4) is 5.69 Å². The van der Waals surface area contributed by atoms with Gasteiger partial charge in [-0.05, 0) is 63.2 Å². The van der Waals surface area contributed by atoms with E-state index in [9.17, 15) is 19.2 Å². The first-order chi connectivity index (χ1) is 15.7. The predicted molar refractivity (Wildman–Crippen MR) is 118 cm³/mol. The van der Waals surface area contributed by atoms with Crippen molar-refractivity contribution in [1.82, 2.24) is 9.88 Å². The number of rotatable bonds is 8. The SMILES string of the molecule is COC(=O)c1ccc(-n2c(C)cc(C(=O)COC(=O)[C@@H](C)NC(=O)c3ccco3)c2C)cc1. The maximum absolute atomic E-state index is 12.7. The number of furan rings is 1. The molecule has 3 aromatic rings. The molecule has 0 saturated heterocycles. The van der Waals surface area contributed by atoms with Gasteiger partial charge in [-0.2, -0.15) is 0 Å². The van der Waals surface area contributed by atoms with Crippen molar-refractivity contribution in [2.24, 2.45) is 0 Å². The molecule has 1 N–H and O–H groups in total. The van der Waals surface area contributed by atoms with Crippen molar-refractivity contribution in [2.45, 2.75) is 26.8 Å². The third kappa shape index (κ3) is 5.20. The summed E-state index contributed by atoms with van der Waals surface area (Å²) in [5.74, 6) is -2.04. The number of hydrogen-bond acceptors (Lipinski definition) is 7. The molecule has 2 aromatic heterocycles. The van der Waals surface area contributed by atoms with Crippen LogP contribution < -0.4 is 5.32 Å². The lowest BCUT2D eigenvalue weighted by molar-refractivity contribution is -0.144. The van der Waals surface area contributed by atoms with Crippen LogP contribution in [0.1, 0.15) is 49.6 Å². The van der Waals surface area contributed by atoms with E-state index in [1.807, 2.05) is 11.5 Å². The molecule has 3 rings (SSSR count). The van der Waals surface area contributed by atoms with Crippen LogP contribution >= 0.6 is 0 Å². The second-order valence-electron chi connectivity index (χ2n) is 7.36. The van der Waals surface area contributed by atoms with Gasteiger partial charge in [0.15, 0.2) is 12.4 Å². The molecule has 0 bridgehead atoms. The molecular formula is C24H24N2O7. The number of nitrogens with one attached hydrogen (secondary N) is 1. The van der Waals surface area contributed by atoms with Gasteiger partial charge in [0.25, 0.3) is 5.91 Å². The molecule has 0 saturated carbocycles. The zero-order chi connectivity index (χ0) is 24.1. The largest absolute Gasteiger partial charge is 0.465 e. The van der Waals surface area contributed by atoms with Crippen LogP contribution in [0.5, 0.6) is 0 Å². The summed E-state index contributed by atoms with van der Waals surface area (Å²) in [6, 6.07) is 10.6. The van der Waals surface area contributed by atoms with Gasteiger partial charge in [0.2, 0.25) is 5.78 Å². The Hall–Kier alpha value is -4.14. The fraction of sp³-hybridized carbons (Fsp3) is 0.250. The van der Waals surface area contributed by atoms with Crippen molar-refractivity contribution >= 4 is 23.6 Å². The number of nitrogens with zero attached hydrogens (tertiary/aromatic N) is 1. The predicted octanol–water partition coefficient (Wildman–Crippen LogP) is 3.02. The zero-order valence-electron chi connectivity index (χ0n) is 18.7. The van der Waals surface area contributed by atoms with Gasteiger partial charge in [-0.15, -0.1) is 0 Å². The molecule has 33 heavy (non-hydrogen) atoms. The minimum Gasteiger partial charge on any atom is -0.465 e. The molecule has 2 heterocycles. The van der Waals surface area contributed by atoms with Gasteiger partial charge < -0.3 is 23.8 Å². The summed E-state index contributed by atoms with van der Waals surface area (Å²) in [6.45, 7) is 4.61. The number of esters is 2. The van der Waals surface area contributed by atoms with Crippen LogP contribution in [0.2, 0.25) is 0 Å². The molecule has 0 aliphatic carbocycles. The summed E-state index contributed by atoms with van der Waals surface area (Å²) in [7, 11) is 1.31. The topological polar surface area (TPSA) is 117 Å². The molecule has 1 atom stereocenters. The molecule has 0 unspecified atom stereocenters. The highest BCUT2D eigenvalue weighted by molar-refractivity contribution is 6.00. The normalized spacial score (nSPS) is 11.5. The highest BCUT2D eigenvalue weighted by atomic mass is 16.5. The van der Waals surface area contributed by atoms with Gasteiger partial charge in [0.05, 0.1) is 18.9 Å². The van der Waals surface area contributed by atoms with E-state index < -0.39 is 30.5 Å². The number of methoxy groups -OCH3 is 1. The Labute approximate surface area is 190 Å². The molecule has 9 heteroatoms. The van der Waals surface area contributed by atoms with Crippen molar-refractivity contribution in [3.63, 3.8) is 0 Å². The Morgan fingerprint density at radius 2 is 1.79 bits per heavy atom. The third-order valence-electron chi connectivity index (χ3n) is 5.07. The molecule has 1 amide bonds. The second kappa shape index (κ2) is 9.99. The molecule has 0 radical (unpaired) electrons. The maximum Gasteiger partial charge on any atom is 0.337 e. The minimum absolute atomic E-state index is 0.0674. The summed E-state index contributed by atoms with van der Waals surface area (Å²) in [5.41, 5.74) is 3.05. The zero-order valence-corrected chi connectivity index (χ0v) is 18.7. The molecular weight excluding hydrogens is 428 g/mol. The van der Waals surface area contributed by atoms with Crippen LogP contribution in [0.4, 0.5) is 0 Å². The van der Waals surface area contributed by atoms with Gasteiger partial charge in [-0.25, -0.2) is 9.59 Å². The van der Waals surface area contributed by atoms with Crippen LogP contribution in [0.15, 0.2) is 53.1 Å². The van der Waals surface area contributed by atoms with Crippen LogP contribution in [0.3, 0.4) is 0 Å². The standard InChI is InChI=1S/C24H24N2O7/c1-14-12-19(16(3)26(14)18-9-7-17(8-10-18)24(30)31-4)20(27)13-33-23(29)15(2)25-22(28)21-6-5-11-32-21/h5-12,15H,13H2,1-4H3,(H,25,28)/t15-/m1/s1. The lowest BCUT2D eigenvalue weighted by Crippen LogP contribution is -2.40. The average Bonchev–Trinajstić information content (AvgIpc) is 3.45. The first kappa shape index (κ1) is 23.5. The number of Topliss-reactive ketones (excluding diaryl/α,β-unsaturated/α-hetero) is 1. The minimum atomic E-state index is -0.962. The van der Waals surface area contributed by atoms with Crippen molar-refractivity contribution < 1.29 is 33.1 Å². The quantitative estimate of drug-likeness (QED) is 0.412. The Morgan fingerprint density at radius 3 is 2.39 bits per heavy atom. The molecule has 172 valence electrons. The molecule has 0 spiro atoms. The van der Waals surface area contributed by atoms with E-state index in [1.54, 1.807) is 43.3 Å². The number of carbonyl (C=O) groups is 4. The Kier molecular flexibility index (Phi) is 7.12. The van der Waals surface area contributed by atoms with Gasteiger partial charge in [0.1, 0.15) is 6.04 Å². The van der Waals surface area contributed by atoms with E-state index in [2.05, 4.69) is 5.32 Å². The Morgan fingerprint density at radius 1 is 1.09 bits per heavy atom. The Balaban J connectivity index is 1.65. The number of hydrogen-bond donors (Lipinski definition) is 1. The van der Waals surface area contributed by atoms with E-state index in [1.165, 1.54) is 26.4 Å². The fourth-order valence-corrected chi connectivity index (χ4v) is 3.38. The summed E-state index contributed by atoms with van der Waals surface area (Å²) in [5, 5.41) is 2.45. The average molecular weight is 452 g/mol. The van der Waals surface area contributed by atoms with Gasteiger partial charge in [-0.3, -0.25) is 9.59 Å². The Bertz CT molecular complexity index is 1170. The highest BCUT2D eigenvalue weighted by Gasteiger charge is 2.22. The monoisotopic (exact) mass is 452 g/mol. The second-order valence-corrected chi connectivity index (χ2v) is 7.36. The molecule has 0 fully saturated rings. The van der Waals surface area contributed by atoms with E-state index in [4.69, 9.17) is 13.9 Å². The molecule has 0 aliphatic heterocycles. The first-order valence-corrected chi connectivity index (χ1v) is 10.1. The molecule has 0 aliphatic rings. The number of ether oxygens (including phenoxy) is 2. The third-order valence-corrected chi connectivity index (χ3v) is 5.07. The first-order valence-electron chi connectivity index (χ1n) is 10.1. The van der Waals surface area contributed by atoms with Gasteiger partial charge in [-0.1, -0.05) is 0 Å². The highest BCUT2D eigenvalue weighted by Crippen LogP contribution is 2.22. The smallest absolute Gasteiger partial charge is 0.337 e. The van der Waals surface area contributed by atoms with E-state index in [0.717, 1.165) is 11.4 Å². The summed E-state index contributed by atoms with van der Waals surface area (Å²) in [4.78, 5) is 48.5. The van der Waals surface area contributed by atoms with Crippen LogP contribution in [-0.2, 0) is 14.3 Å². The molecule has 1 aromatic carbocycles. The van der Waals surface area contributed by atoms with E-state index in [-0.39, 0.29) is 11.5 Å². The van der Waals surface area contributed by atoms with Crippen molar-refractivity contribution in [1.29, 1.82) is 0 Å². The summed E-state index contributed by atoms with van der Waals surface area (Å²) < 4.78 is 16.7. The van der Waals surface area contributed by atoms with Crippen LogP contribution in [0, 0.1) is 13.8 Å². The van der Waals surface area contributed by atoms with Crippen LogP contribution in [0.25, 0.3) is 5.69 Å². The maximum atomic E-state index is 12.7. The number of aromatic nitrogens is 1. The number of aryl methyl sites for hydroxylation is 1.